The van der Waals surface area contributed by atoms with Gasteiger partial charge in [0.1, 0.15) is 11.3 Å². The lowest BCUT2D eigenvalue weighted by atomic mass is 10.1. The van der Waals surface area contributed by atoms with E-state index in [1.807, 2.05) is 27.8 Å². The molecule has 1 aliphatic heterocycles. The van der Waals surface area contributed by atoms with E-state index in [-0.39, 0.29) is 5.97 Å². The Kier molecular flexibility index (Phi) is 6.66. The van der Waals surface area contributed by atoms with E-state index in [0.717, 1.165) is 67.4 Å². The summed E-state index contributed by atoms with van der Waals surface area (Å²) in [6.07, 6.45) is 1.02. The number of hydrogen-bond acceptors (Lipinski definition) is 9. The van der Waals surface area contributed by atoms with Gasteiger partial charge in [0, 0.05) is 43.6 Å². The van der Waals surface area contributed by atoms with Crippen LogP contribution in [0.4, 0.5) is 0 Å². The van der Waals surface area contributed by atoms with Crippen molar-refractivity contribution < 1.29 is 18.6 Å². The van der Waals surface area contributed by atoms with Crippen LogP contribution in [0.15, 0.2) is 9.05 Å². The SMILES string of the molecule is COC(=O)c1c(CN2CCCN(Cc3noc(-c4c(C)noc4C)n3)CC2)c(C)n(C)c1C. The Morgan fingerprint density at radius 3 is 2.30 bits per heavy atom. The van der Waals surface area contributed by atoms with E-state index in [2.05, 4.69) is 36.6 Å². The second kappa shape index (κ2) is 9.48. The van der Waals surface area contributed by atoms with Crippen molar-refractivity contribution >= 4 is 5.97 Å². The summed E-state index contributed by atoms with van der Waals surface area (Å²) in [6.45, 7) is 12.8. The number of carbonyl (C=O) groups is 1. The highest BCUT2D eigenvalue weighted by Crippen LogP contribution is 2.26. The Morgan fingerprint density at radius 2 is 1.67 bits per heavy atom. The van der Waals surface area contributed by atoms with Crippen molar-refractivity contribution in [1.82, 2.24) is 29.7 Å². The third-order valence-electron chi connectivity index (χ3n) is 6.64. The number of rotatable bonds is 6. The third kappa shape index (κ3) is 4.58. The summed E-state index contributed by atoms with van der Waals surface area (Å²) in [5.74, 6) is 1.50. The first-order valence-electron chi connectivity index (χ1n) is 11.2. The number of carbonyl (C=O) groups excluding carboxylic acids is 1. The van der Waals surface area contributed by atoms with Gasteiger partial charge in [-0.2, -0.15) is 4.98 Å². The summed E-state index contributed by atoms with van der Waals surface area (Å²) in [4.78, 5) is 21.7. The van der Waals surface area contributed by atoms with Gasteiger partial charge in [-0.3, -0.25) is 9.80 Å². The van der Waals surface area contributed by atoms with Gasteiger partial charge in [0.15, 0.2) is 5.82 Å². The predicted octanol–water partition coefficient (Wildman–Crippen LogP) is 2.79. The highest BCUT2D eigenvalue weighted by atomic mass is 16.5. The smallest absolute Gasteiger partial charge is 0.340 e. The molecule has 10 nitrogen and oxygen atoms in total. The average Bonchev–Trinajstić information content (AvgIpc) is 3.37. The fourth-order valence-corrected chi connectivity index (χ4v) is 4.56. The lowest BCUT2D eigenvalue weighted by molar-refractivity contribution is 0.0597. The molecule has 33 heavy (non-hydrogen) atoms. The summed E-state index contributed by atoms with van der Waals surface area (Å²) in [5.41, 5.74) is 5.30. The lowest BCUT2D eigenvalue weighted by Crippen LogP contribution is -2.31. The van der Waals surface area contributed by atoms with Crippen LogP contribution in [0.3, 0.4) is 0 Å². The second-order valence-electron chi connectivity index (χ2n) is 8.70. The highest BCUT2D eigenvalue weighted by Gasteiger charge is 2.25. The molecule has 4 heterocycles. The molecule has 1 aliphatic rings. The van der Waals surface area contributed by atoms with Crippen LogP contribution in [-0.2, 0) is 24.9 Å². The summed E-state index contributed by atoms with van der Waals surface area (Å²) in [7, 11) is 3.43. The maximum Gasteiger partial charge on any atom is 0.340 e. The molecule has 0 atom stereocenters. The van der Waals surface area contributed by atoms with Crippen molar-refractivity contribution in [3.8, 4) is 11.5 Å². The van der Waals surface area contributed by atoms with Gasteiger partial charge in [-0.15, -0.1) is 0 Å². The van der Waals surface area contributed by atoms with E-state index < -0.39 is 0 Å². The van der Waals surface area contributed by atoms with Gasteiger partial charge in [-0.25, -0.2) is 4.79 Å². The molecule has 10 heteroatoms. The van der Waals surface area contributed by atoms with Gasteiger partial charge in [0.2, 0.25) is 0 Å². The monoisotopic (exact) mass is 456 g/mol. The van der Waals surface area contributed by atoms with Crippen molar-refractivity contribution in [3.05, 3.63) is 39.8 Å². The number of methoxy groups -OCH3 is 1. The molecule has 0 amide bonds. The van der Waals surface area contributed by atoms with Crippen LogP contribution in [0, 0.1) is 27.7 Å². The quantitative estimate of drug-likeness (QED) is 0.518. The van der Waals surface area contributed by atoms with E-state index in [1.54, 1.807) is 0 Å². The van der Waals surface area contributed by atoms with E-state index in [0.29, 0.717) is 29.6 Å². The fraction of sp³-hybridized carbons (Fsp3) is 0.565. The number of hydrogen-bond donors (Lipinski definition) is 0. The van der Waals surface area contributed by atoms with Crippen LogP contribution in [-0.4, -0.2) is 68.9 Å². The number of esters is 1. The molecule has 3 aromatic rings. The van der Waals surface area contributed by atoms with Crippen LogP contribution in [0.5, 0.6) is 0 Å². The average molecular weight is 457 g/mol. The largest absolute Gasteiger partial charge is 0.465 e. The molecule has 3 aromatic heterocycles. The molecular weight excluding hydrogens is 424 g/mol. The number of aryl methyl sites for hydroxylation is 2. The Balaban J connectivity index is 1.41. The molecule has 0 N–H and O–H groups in total. The van der Waals surface area contributed by atoms with E-state index in [9.17, 15) is 4.79 Å². The molecule has 0 aromatic carbocycles. The second-order valence-corrected chi connectivity index (χ2v) is 8.70. The summed E-state index contributed by atoms with van der Waals surface area (Å²) >= 11 is 0. The van der Waals surface area contributed by atoms with Crippen molar-refractivity contribution in [2.24, 2.45) is 7.05 Å². The van der Waals surface area contributed by atoms with Crippen molar-refractivity contribution in [3.63, 3.8) is 0 Å². The van der Waals surface area contributed by atoms with Crippen LogP contribution in [0.25, 0.3) is 11.5 Å². The van der Waals surface area contributed by atoms with Gasteiger partial charge >= 0.3 is 5.97 Å². The maximum atomic E-state index is 12.4. The first-order chi connectivity index (χ1) is 15.8. The zero-order valence-corrected chi connectivity index (χ0v) is 20.3. The Labute approximate surface area is 193 Å². The first kappa shape index (κ1) is 23.2. The molecule has 0 aliphatic carbocycles. The summed E-state index contributed by atoms with van der Waals surface area (Å²) in [6, 6.07) is 0. The molecule has 1 fully saturated rings. The van der Waals surface area contributed by atoms with Gasteiger partial charge in [-0.1, -0.05) is 10.3 Å². The van der Waals surface area contributed by atoms with Gasteiger partial charge in [0.05, 0.1) is 24.9 Å². The van der Waals surface area contributed by atoms with Crippen LogP contribution in [0.2, 0.25) is 0 Å². The number of ether oxygens (including phenoxy) is 1. The Morgan fingerprint density at radius 1 is 0.970 bits per heavy atom. The standard InChI is InChI=1S/C23H32N6O4/c1-14-20(17(4)32-25-14)22-24-19(26-33-22)13-29-9-7-8-28(10-11-29)12-18-15(2)27(5)16(3)21(18)23(30)31-6/h7-13H2,1-6H3. The topological polar surface area (TPSA) is 103 Å². The Bertz CT molecular complexity index is 1120. The van der Waals surface area contributed by atoms with Crippen LogP contribution in [0.1, 0.15) is 51.0 Å². The van der Waals surface area contributed by atoms with E-state index in [4.69, 9.17) is 13.8 Å². The minimum atomic E-state index is -0.270. The molecule has 0 unspecified atom stereocenters. The molecule has 0 radical (unpaired) electrons. The van der Waals surface area contributed by atoms with Gasteiger partial charge in [-0.05, 0) is 47.2 Å². The molecule has 178 valence electrons. The van der Waals surface area contributed by atoms with Crippen LogP contribution < -0.4 is 0 Å². The molecular formula is C23H32N6O4. The maximum absolute atomic E-state index is 12.4. The predicted molar refractivity (Wildman–Crippen MR) is 121 cm³/mol. The zero-order chi connectivity index (χ0) is 23.7. The van der Waals surface area contributed by atoms with E-state index in [1.165, 1.54) is 7.11 Å². The molecule has 0 spiro atoms. The highest BCUT2D eigenvalue weighted by molar-refractivity contribution is 5.93. The summed E-state index contributed by atoms with van der Waals surface area (Å²) in [5, 5.41) is 8.12. The molecule has 0 bridgehead atoms. The van der Waals surface area contributed by atoms with E-state index >= 15 is 0 Å². The molecule has 1 saturated heterocycles. The van der Waals surface area contributed by atoms with Crippen molar-refractivity contribution in [2.45, 2.75) is 47.2 Å². The minimum Gasteiger partial charge on any atom is -0.465 e. The normalized spacial score (nSPS) is 15.7. The lowest BCUT2D eigenvalue weighted by Gasteiger charge is -2.21. The van der Waals surface area contributed by atoms with Crippen molar-refractivity contribution in [1.29, 1.82) is 0 Å². The Hall–Kier alpha value is -2.98. The minimum absolute atomic E-state index is 0.270. The number of nitrogens with zero attached hydrogens (tertiary/aromatic N) is 6. The first-order valence-corrected chi connectivity index (χ1v) is 11.2. The zero-order valence-electron chi connectivity index (χ0n) is 20.3. The van der Waals surface area contributed by atoms with Crippen molar-refractivity contribution in [2.75, 3.05) is 33.3 Å². The molecule has 4 rings (SSSR count). The van der Waals surface area contributed by atoms with Crippen LogP contribution >= 0.6 is 0 Å². The third-order valence-corrected chi connectivity index (χ3v) is 6.64. The van der Waals surface area contributed by atoms with Gasteiger partial charge < -0.3 is 18.4 Å². The van der Waals surface area contributed by atoms with Gasteiger partial charge in [0.25, 0.3) is 5.89 Å². The fourth-order valence-electron chi connectivity index (χ4n) is 4.56. The number of aromatic nitrogens is 4. The summed E-state index contributed by atoms with van der Waals surface area (Å²) < 4.78 is 17.8. The molecule has 0 saturated carbocycles.